The van der Waals surface area contributed by atoms with Crippen molar-refractivity contribution in [2.45, 2.75) is 45.2 Å². The third-order valence-corrected chi connectivity index (χ3v) is 7.06. The zero-order valence-electron chi connectivity index (χ0n) is 12.7. The second kappa shape index (κ2) is 6.56. The fourth-order valence-electron chi connectivity index (χ4n) is 2.50. The highest BCUT2D eigenvalue weighted by Crippen LogP contribution is 2.27. The van der Waals surface area contributed by atoms with E-state index in [0.717, 1.165) is 12.8 Å². The van der Waals surface area contributed by atoms with Crippen molar-refractivity contribution in [3.8, 4) is 0 Å². The molecule has 0 N–H and O–H groups in total. The number of carbonyl (C=O) groups is 1. The highest BCUT2D eigenvalue weighted by molar-refractivity contribution is 7.86. The van der Waals surface area contributed by atoms with Crippen molar-refractivity contribution >= 4 is 27.3 Å². The predicted molar refractivity (Wildman–Crippen MR) is 84.8 cm³/mol. The number of rotatable bonds is 6. The number of ketones is 1. The van der Waals surface area contributed by atoms with Crippen LogP contribution in [-0.2, 0) is 10.2 Å². The van der Waals surface area contributed by atoms with Gasteiger partial charge in [-0.2, -0.15) is 17.0 Å². The van der Waals surface area contributed by atoms with Crippen molar-refractivity contribution in [2.75, 3.05) is 13.6 Å². The Morgan fingerprint density at radius 3 is 2.81 bits per heavy atom. The smallest absolute Gasteiger partial charge is 0.282 e. The largest absolute Gasteiger partial charge is 0.293 e. The molecule has 0 aliphatic carbocycles. The van der Waals surface area contributed by atoms with Gasteiger partial charge in [-0.05, 0) is 38.1 Å². The highest BCUT2D eigenvalue weighted by atomic mass is 32.2. The van der Waals surface area contributed by atoms with Gasteiger partial charge in [-0.25, -0.2) is 0 Å². The van der Waals surface area contributed by atoms with E-state index in [4.69, 9.17) is 0 Å². The summed E-state index contributed by atoms with van der Waals surface area (Å²) in [7, 11) is -1.89. The Morgan fingerprint density at radius 2 is 2.24 bits per heavy atom. The van der Waals surface area contributed by atoms with Gasteiger partial charge < -0.3 is 0 Å². The van der Waals surface area contributed by atoms with Gasteiger partial charge in [-0.15, -0.1) is 11.3 Å². The van der Waals surface area contributed by atoms with Crippen LogP contribution < -0.4 is 0 Å². The Balaban J connectivity index is 2.12. The second-order valence-electron chi connectivity index (χ2n) is 5.63. The van der Waals surface area contributed by atoms with E-state index in [1.54, 1.807) is 13.1 Å². The fourth-order valence-corrected chi connectivity index (χ4v) is 4.96. The van der Waals surface area contributed by atoms with E-state index in [-0.39, 0.29) is 24.3 Å². The van der Waals surface area contributed by atoms with E-state index in [2.05, 4.69) is 0 Å². The third kappa shape index (κ3) is 3.53. The number of Topliss-reactive ketones (excluding diaryl/α,β-unsaturated/α-hetero) is 1. The molecule has 0 aromatic carbocycles. The summed E-state index contributed by atoms with van der Waals surface area (Å²) in [6.45, 7) is 4.20. The molecule has 5 nitrogen and oxygen atoms in total. The second-order valence-corrected chi connectivity index (χ2v) is 8.52. The average molecular weight is 330 g/mol. The molecule has 118 valence electrons. The first-order chi connectivity index (χ1) is 9.84. The molecule has 1 atom stereocenters. The Morgan fingerprint density at radius 1 is 1.52 bits per heavy atom. The summed E-state index contributed by atoms with van der Waals surface area (Å²) in [5, 5.41) is 1.86. The van der Waals surface area contributed by atoms with Crippen LogP contribution in [0, 0.1) is 0 Å². The van der Waals surface area contributed by atoms with E-state index in [0.29, 0.717) is 11.4 Å². The average Bonchev–Trinajstić information content (AvgIpc) is 3.08. The Bertz CT molecular complexity index is 581. The fraction of sp³-hybridized carbons (Fsp3) is 0.643. The lowest BCUT2D eigenvalue weighted by Gasteiger charge is -2.30. The van der Waals surface area contributed by atoms with Crippen molar-refractivity contribution < 1.29 is 13.2 Å². The SMILES string of the molecule is CC(C)N(C)S(=O)(=O)N1CCC[C@H]1CC(=O)c1cccs1. The molecular formula is C14H22N2O3S2. The monoisotopic (exact) mass is 330 g/mol. The predicted octanol–water partition coefficient (Wildman–Crippen LogP) is 2.37. The molecule has 0 spiro atoms. The molecule has 1 aliphatic rings. The number of hydrogen-bond acceptors (Lipinski definition) is 4. The summed E-state index contributed by atoms with van der Waals surface area (Å²) >= 11 is 1.41. The molecule has 0 unspecified atom stereocenters. The van der Waals surface area contributed by atoms with Crippen molar-refractivity contribution in [2.24, 2.45) is 0 Å². The van der Waals surface area contributed by atoms with Gasteiger partial charge in [0.25, 0.3) is 10.2 Å². The molecule has 1 saturated heterocycles. The van der Waals surface area contributed by atoms with E-state index in [1.165, 1.54) is 19.9 Å². The van der Waals surface area contributed by atoms with Crippen LogP contribution in [0.4, 0.5) is 0 Å². The number of carbonyl (C=O) groups excluding carboxylic acids is 1. The molecule has 1 fully saturated rings. The summed E-state index contributed by atoms with van der Waals surface area (Å²) in [6, 6.07) is 3.32. The minimum Gasteiger partial charge on any atom is -0.293 e. The lowest BCUT2D eigenvalue weighted by atomic mass is 10.1. The van der Waals surface area contributed by atoms with E-state index >= 15 is 0 Å². The summed E-state index contributed by atoms with van der Waals surface area (Å²) in [5.41, 5.74) is 0. The van der Waals surface area contributed by atoms with Gasteiger partial charge in [0, 0.05) is 32.1 Å². The first kappa shape index (κ1) is 16.6. The molecule has 21 heavy (non-hydrogen) atoms. The maximum Gasteiger partial charge on any atom is 0.282 e. The summed E-state index contributed by atoms with van der Waals surface area (Å²) in [5.74, 6) is 0.0318. The van der Waals surface area contributed by atoms with E-state index in [9.17, 15) is 13.2 Å². The molecule has 0 amide bonds. The molecule has 2 heterocycles. The molecular weight excluding hydrogens is 308 g/mol. The van der Waals surface area contributed by atoms with Gasteiger partial charge >= 0.3 is 0 Å². The zero-order chi connectivity index (χ0) is 15.6. The molecule has 1 aromatic rings. The standard InChI is InChI=1S/C14H22N2O3S2/c1-11(2)15(3)21(18,19)16-8-4-6-12(16)10-13(17)14-7-5-9-20-14/h5,7,9,11-12H,4,6,8,10H2,1-3H3/t12-/m0/s1. The normalized spacial score (nSPS) is 20.5. The number of thiophene rings is 1. The highest BCUT2D eigenvalue weighted by Gasteiger charge is 2.38. The summed E-state index contributed by atoms with van der Waals surface area (Å²) in [4.78, 5) is 12.9. The molecule has 0 bridgehead atoms. The van der Waals surface area contributed by atoms with Crippen LogP contribution >= 0.6 is 11.3 Å². The van der Waals surface area contributed by atoms with Crippen LogP contribution in [0.2, 0.25) is 0 Å². The third-order valence-electron chi connectivity index (χ3n) is 3.93. The number of hydrogen-bond donors (Lipinski definition) is 0. The first-order valence-corrected chi connectivity index (χ1v) is 9.43. The van der Waals surface area contributed by atoms with Crippen LogP contribution in [0.3, 0.4) is 0 Å². The van der Waals surface area contributed by atoms with Crippen molar-refractivity contribution in [3.63, 3.8) is 0 Å². The number of nitrogens with zero attached hydrogens (tertiary/aromatic N) is 2. The summed E-state index contributed by atoms with van der Waals surface area (Å²) in [6.07, 6.45) is 1.83. The Kier molecular flexibility index (Phi) is 5.19. The van der Waals surface area contributed by atoms with Crippen LogP contribution in [0.15, 0.2) is 17.5 Å². The summed E-state index contributed by atoms with van der Waals surface area (Å²) < 4.78 is 28.1. The van der Waals surface area contributed by atoms with Crippen LogP contribution in [0.25, 0.3) is 0 Å². The van der Waals surface area contributed by atoms with Gasteiger partial charge in [0.1, 0.15) is 0 Å². The Hall–Kier alpha value is -0.760. The lowest BCUT2D eigenvalue weighted by molar-refractivity contribution is 0.0964. The lowest BCUT2D eigenvalue weighted by Crippen LogP contribution is -2.47. The first-order valence-electron chi connectivity index (χ1n) is 7.15. The zero-order valence-corrected chi connectivity index (χ0v) is 14.3. The van der Waals surface area contributed by atoms with Crippen molar-refractivity contribution in [3.05, 3.63) is 22.4 Å². The molecule has 2 rings (SSSR count). The van der Waals surface area contributed by atoms with Gasteiger partial charge in [0.15, 0.2) is 5.78 Å². The molecule has 1 aliphatic heterocycles. The van der Waals surface area contributed by atoms with Crippen molar-refractivity contribution in [1.29, 1.82) is 0 Å². The van der Waals surface area contributed by atoms with Gasteiger partial charge in [-0.1, -0.05) is 6.07 Å². The molecule has 7 heteroatoms. The molecule has 0 saturated carbocycles. The van der Waals surface area contributed by atoms with E-state index in [1.807, 2.05) is 25.3 Å². The van der Waals surface area contributed by atoms with E-state index < -0.39 is 10.2 Å². The maximum atomic E-state index is 12.6. The minimum absolute atomic E-state index is 0.0318. The van der Waals surface area contributed by atoms with Crippen LogP contribution in [0.5, 0.6) is 0 Å². The van der Waals surface area contributed by atoms with Crippen molar-refractivity contribution in [1.82, 2.24) is 8.61 Å². The van der Waals surface area contributed by atoms with Crippen LogP contribution in [0.1, 0.15) is 42.8 Å². The maximum absolute atomic E-state index is 12.6. The molecule has 1 aromatic heterocycles. The van der Waals surface area contributed by atoms with Gasteiger partial charge in [0.05, 0.1) is 4.88 Å². The topological polar surface area (TPSA) is 57.7 Å². The Labute approximate surface area is 130 Å². The van der Waals surface area contributed by atoms with Gasteiger partial charge in [0.2, 0.25) is 0 Å². The quantitative estimate of drug-likeness (QED) is 0.753. The molecule has 0 radical (unpaired) electrons. The van der Waals surface area contributed by atoms with Crippen LogP contribution in [-0.4, -0.2) is 48.5 Å². The van der Waals surface area contributed by atoms with Gasteiger partial charge in [-0.3, -0.25) is 4.79 Å². The minimum atomic E-state index is -3.48.